The van der Waals surface area contributed by atoms with Crippen LogP contribution in [-0.4, -0.2) is 29.9 Å². The molecule has 0 saturated carbocycles. The highest BCUT2D eigenvalue weighted by Gasteiger charge is 2.36. The minimum Gasteiger partial charge on any atom is -0.497 e. The van der Waals surface area contributed by atoms with Crippen molar-refractivity contribution in [3.05, 3.63) is 108 Å². The van der Waals surface area contributed by atoms with E-state index < -0.39 is 6.04 Å². The summed E-state index contributed by atoms with van der Waals surface area (Å²) in [5, 5.41) is 3.01. The first-order chi connectivity index (χ1) is 17.5. The molecule has 0 aromatic heterocycles. The van der Waals surface area contributed by atoms with Gasteiger partial charge in [-0.1, -0.05) is 54.6 Å². The molecular weight excluding hydrogens is 455 g/mol. The third-order valence-electron chi connectivity index (χ3n) is 6.50. The van der Waals surface area contributed by atoms with Crippen molar-refractivity contribution >= 4 is 17.5 Å². The largest absolute Gasteiger partial charge is 0.497 e. The molecule has 0 bridgehead atoms. The van der Waals surface area contributed by atoms with Gasteiger partial charge in [-0.2, -0.15) is 0 Å². The van der Waals surface area contributed by atoms with Gasteiger partial charge >= 0.3 is 0 Å². The number of amides is 2. The number of nitrogens with one attached hydrogen (secondary N) is 1. The normalized spacial score (nSPS) is 15.7. The molecule has 6 heteroatoms. The zero-order chi connectivity index (χ0) is 25.3. The molecule has 0 aliphatic heterocycles. The van der Waals surface area contributed by atoms with Gasteiger partial charge in [0.1, 0.15) is 17.6 Å². The maximum absolute atomic E-state index is 13.8. The van der Waals surface area contributed by atoms with Crippen LogP contribution in [0.5, 0.6) is 5.75 Å². The molecule has 5 nitrogen and oxygen atoms in total. The molecule has 2 atom stereocenters. The van der Waals surface area contributed by atoms with Gasteiger partial charge in [0.25, 0.3) is 0 Å². The molecule has 0 radical (unpaired) electrons. The van der Waals surface area contributed by atoms with Gasteiger partial charge in [0.15, 0.2) is 0 Å². The van der Waals surface area contributed by atoms with E-state index in [0.29, 0.717) is 17.9 Å². The van der Waals surface area contributed by atoms with Crippen LogP contribution in [0.2, 0.25) is 0 Å². The minimum atomic E-state index is -0.682. The number of halogens is 1. The Hall–Kier alpha value is -3.93. The monoisotopic (exact) mass is 486 g/mol. The second kappa shape index (κ2) is 12.2. The zero-order valence-electron chi connectivity index (χ0n) is 20.4. The molecule has 186 valence electrons. The van der Waals surface area contributed by atoms with Crippen LogP contribution in [0.15, 0.2) is 91.0 Å². The summed E-state index contributed by atoms with van der Waals surface area (Å²) in [6.45, 7) is 0.215. The van der Waals surface area contributed by atoms with Gasteiger partial charge in [0.2, 0.25) is 11.8 Å². The molecule has 4 rings (SSSR count). The number of nitrogens with zero attached hydrogens (tertiary/aromatic N) is 1. The third-order valence-corrected chi connectivity index (χ3v) is 6.50. The van der Waals surface area contributed by atoms with Gasteiger partial charge in [0.05, 0.1) is 13.5 Å². The maximum Gasteiger partial charge on any atom is 0.247 e. The summed E-state index contributed by atoms with van der Waals surface area (Å²) < 4.78 is 18.8. The van der Waals surface area contributed by atoms with Crippen molar-refractivity contribution in [2.75, 3.05) is 12.4 Å². The summed E-state index contributed by atoms with van der Waals surface area (Å²) >= 11 is 0. The lowest BCUT2D eigenvalue weighted by molar-refractivity contribution is -0.141. The van der Waals surface area contributed by atoms with E-state index >= 15 is 0 Å². The first kappa shape index (κ1) is 25.2. The van der Waals surface area contributed by atoms with Gasteiger partial charge in [-0.05, 0) is 72.7 Å². The lowest BCUT2D eigenvalue weighted by Gasteiger charge is -2.37. The highest BCUT2D eigenvalue weighted by atomic mass is 19.1. The van der Waals surface area contributed by atoms with Gasteiger partial charge in [-0.25, -0.2) is 4.39 Å². The average molecular weight is 487 g/mol. The summed E-state index contributed by atoms with van der Waals surface area (Å²) in [5.74, 6) is -0.0579. The van der Waals surface area contributed by atoms with Crippen molar-refractivity contribution in [2.45, 2.75) is 38.3 Å². The standard InChI is InChI=1S/C30H31FN2O3/c1-36-27-18-16-26(17-19-27)32-30(35)29(24-10-6-3-7-11-24)33(21-23-12-14-25(31)15-13-23)28(34)20-22-8-4-2-5-9-22/h2-6,8-9,12-19,24,29H,7,10-11,20-21H2,1H3,(H,32,35). The quantitative estimate of drug-likeness (QED) is 0.391. The van der Waals surface area contributed by atoms with Crippen LogP contribution in [0.1, 0.15) is 30.4 Å². The van der Waals surface area contributed by atoms with E-state index in [1.54, 1.807) is 48.4 Å². The van der Waals surface area contributed by atoms with Crippen molar-refractivity contribution in [3.63, 3.8) is 0 Å². The summed E-state index contributed by atoms with van der Waals surface area (Å²) in [6.07, 6.45) is 6.74. The van der Waals surface area contributed by atoms with Crippen LogP contribution in [0.4, 0.5) is 10.1 Å². The Kier molecular flexibility index (Phi) is 8.50. The fourth-order valence-corrected chi connectivity index (χ4v) is 4.60. The van der Waals surface area contributed by atoms with E-state index in [1.165, 1.54) is 12.1 Å². The third kappa shape index (κ3) is 6.60. The van der Waals surface area contributed by atoms with Crippen LogP contribution in [0, 0.1) is 11.7 Å². The summed E-state index contributed by atoms with van der Waals surface area (Å²) in [7, 11) is 1.59. The fourth-order valence-electron chi connectivity index (χ4n) is 4.60. The number of ether oxygens (including phenoxy) is 1. The van der Waals surface area contributed by atoms with E-state index in [1.807, 2.05) is 30.3 Å². The molecular formula is C30H31FN2O3. The van der Waals surface area contributed by atoms with E-state index in [2.05, 4.69) is 17.5 Å². The lowest BCUT2D eigenvalue weighted by atomic mass is 9.85. The number of methoxy groups -OCH3 is 1. The first-order valence-corrected chi connectivity index (χ1v) is 12.2. The maximum atomic E-state index is 13.8. The molecule has 0 saturated heterocycles. The Morgan fingerprint density at radius 1 is 0.972 bits per heavy atom. The van der Waals surface area contributed by atoms with Crippen LogP contribution in [0.25, 0.3) is 0 Å². The van der Waals surface area contributed by atoms with Crippen LogP contribution in [0.3, 0.4) is 0 Å². The second-order valence-electron chi connectivity index (χ2n) is 9.02. The Morgan fingerprint density at radius 3 is 2.33 bits per heavy atom. The SMILES string of the molecule is COc1ccc(NC(=O)C(C2CC=CCC2)N(Cc2ccc(F)cc2)C(=O)Cc2ccccc2)cc1. The number of anilines is 1. The number of carbonyl (C=O) groups excluding carboxylic acids is 2. The molecule has 36 heavy (non-hydrogen) atoms. The number of benzene rings is 3. The van der Waals surface area contributed by atoms with Crippen molar-refractivity contribution in [2.24, 2.45) is 5.92 Å². The smallest absolute Gasteiger partial charge is 0.247 e. The number of carbonyl (C=O) groups is 2. The van der Waals surface area contributed by atoms with Gasteiger partial charge in [0, 0.05) is 12.2 Å². The molecule has 2 amide bonds. The Morgan fingerprint density at radius 2 is 1.69 bits per heavy atom. The molecule has 2 unspecified atom stereocenters. The van der Waals surface area contributed by atoms with Crippen LogP contribution < -0.4 is 10.1 Å². The number of rotatable bonds is 9. The number of hydrogen-bond acceptors (Lipinski definition) is 3. The lowest BCUT2D eigenvalue weighted by Crippen LogP contribution is -2.51. The van der Waals surface area contributed by atoms with Crippen molar-refractivity contribution < 1.29 is 18.7 Å². The molecule has 3 aromatic rings. The molecule has 0 fully saturated rings. The van der Waals surface area contributed by atoms with E-state index in [9.17, 15) is 14.0 Å². The summed E-state index contributed by atoms with van der Waals surface area (Å²) in [5.41, 5.74) is 2.28. The van der Waals surface area contributed by atoms with Gasteiger partial charge in [-0.3, -0.25) is 9.59 Å². The first-order valence-electron chi connectivity index (χ1n) is 12.2. The molecule has 1 aliphatic rings. The summed E-state index contributed by atoms with van der Waals surface area (Å²) in [6, 6.07) is 22.0. The molecule has 3 aromatic carbocycles. The number of hydrogen-bond donors (Lipinski definition) is 1. The molecule has 0 spiro atoms. The van der Waals surface area contributed by atoms with Crippen molar-refractivity contribution in [1.29, 1.82) is 0 Å². The molecule has 0 heterocycles. The number of allylic oxidation sites excluding steroid dienone is 2. The Bertz CT molecular complexity index is 1180. The molecule has 1 N–H and O–H groups in total. The average Bonchev–Trinajstić information content (AvgIpc) is 2.91. The van der Waals surface area contributed by atoms with Crippen molar-refractivity contribution in [3.8, 4) is 5.75 Å². The second-order valence-corrected chi connectivity index (χ2v) is 9.02. The molecule has 1 aliphatic carbocycles. The van der Waals surface area contributed by atoms with E-state index in [-0.39, 0.29) is 36.5 Å². The minimum absolute atomic E-state index is 0.0339. The highest BCUT2D eigenvalue weighted by Crippen LogP contribution is 2.29. The fraction of sp³-hybridized carbons (Fsp3) is 0.267. The van der Waals surface area contributed by atoms with Crippen LogP contribution >= 0.6 is 0 Å². The van der Waals surface area contributed by atoms with Crippen molar-refractivity contribution in [1.82, 2.24) is 4.90 Å². The Labute approximate surface area is 211 Å². The summed E-state index contributed by atoms with van der Waals surface area (Å²) in [4.78, 5) is 29.2. The topological polar surface area (TPSA) is 58.6 Å². The zero-order valence-corrected chi connectivity index (χ0v) is 20.4. The van der Waals surface area contributed by atoms with E-state index in [0.717, 1.165) is 24.0 Å². The Balaban J connectivity index is 1.66. The van der Waals surface area contributed by atoms with E-state index in [4.69, 9.17) is 4.74 Å². The van der Waals surface area contributed by atoms with Gasteiger partial charge in [-0.15, -0.1) is 0 Å². The van der Waals surface area contributed by atoms with Crippen LogP contribution in [-0.2, 0) is 22.6 Å². The highest BCUT2D eigenvalue weighted by molar-refractivity contribution is 5.97. The van der Waals surface area contributed by atoms with Gasteiger partial charge < -0.3 is 15.0 Å². The predicted octanol–water partition coefficient (Wildman–Crippen LogP) is 5.77. The predicted molar refractivity (Wildman–Crippen MR) is 139 cm³/mol.